The molecule has 2 aromatic carbocycles. The number of benzene rings is 2. The molecule has 0 saturated heterocycles. The van der Waals surface area contributed by atoms with Gasteiger partial charge < -0.3 is 38.7 Å². The molecule has 1 heterocycles. The first-order chi connectivity index (χ1) is 16.4. The molecule has 10 heteroatoms. The first kappa shape index (κ1) is 26.0. The molecule has 2 N–H and O–H groups in total. The number of methoxy groups -OCH3 is 4. The van der Waals surface area contributed by atoms with Crippen LogP contribution in [0.3, 0.4) is 0 Å². The fourth-order valence-corrected chi connectivity index (χ4v) is 3.12. The van der Waals surface area contributed by atoms with Crippen LogP contribution < -0.4 is 24.3 Å². The van der Waals surface area contributed by atoms with Crippen LogP contribution in [0.2, 0.25) is 0 Å². The molecule has 0 bridgehead atoms. The molecule has 0 aliphatic carbocycles. The Labute approximate surface area is 197 Å². The van der Waals surface area contributed by atoms with E-state index in [0.717, 1.165) is 28.1 Å². The molecule has 0 radical (unpaired) electrons. The van der Waals surface area contributed by atoms with Gasteiger partial charge in [-0.15, -0.1) is 0 Å². The van der Waals surface area contributed by atoms with Crippen LogP contribution in [-0.2, 0) is 9.59 Å². The lowest BCUT2D eigenvalue weighted by Crippen LogP contribution is -1.96. The second-order valence-corrected chi connectivity index (χ2v) is 6.75. The van der Waals surface area contributed by atoms with E-state index in [1.807, 2.05) is 37.4 Å². The van der Waals surface area contributed by atoms with Gasteiger partial charge in [-0.2, -0.15) is 0 Å². The zero-order valence-corrected chi connectivity index (χ0v) is 19.7. The summed E-state index contributed by atoms with van der Waals surface area (Å²) in [6.07, 6.45) is 2.34. The predicted octanol–water partition coefficient (Wildman–Crippen LogP) is 4.13. The number of nitrogens with one attached hydrogen (secondary N) is 1. The molecule has 0 aliphatic heterocycles. The minimum atomic E-state index is -0.924. The Balaban J connectivity index is 0.000000509. The monoisotopic (exact) mass is 472 g/mol. The van der Waals surface area contributed by atoms with Gasteiger partial charge in [0, 0.05) is 24.6 Å². The van der Waals surface area contributed by atoms with Crippen LogP contribution in [0.5, 0.6) is 23.0 Å². The van der Waals surface area contributed by atoms with Crippen molar-refractivity contribution in [2.75, 3.05) is 40.8 Å². The van der Waals surface area contributed by atoms with Crippen LogP contribution in [0.4, 0.5) is 5.69 Å². The smallest absolute Gasteiger partial charge is 0.303 e. The van der Waals surface area contributed by atoms with Gasteiger partial charge in [-0.3, -0.25) is 4.79 Å². The summed E-state index contributed by atoms with van der Waals surface area (Å²) in [6.45, 7) is 0. The first-order valence-electron chi connectivity index (χ1n) is 10.2. The number of rotatable bonds is 10. The summed E-state index contributed by atoms with van der Waals surface area (Å²) >= 11 is 0. The zero-order valence-electron chi connectivity index (χ0n) is 19.7. The fourth-order valence-electron chi connectivity index (χ4n) is 3.12. The van der Waals surface area contributed by atoms with E-state index in [1.54, 1.807) is 34.6 Å². The third-order valence-corrected chi connectivity index (χ3v) is 4.75. The van der Waals surface area contributed by atoms with E-state index in [1.165, 1.54) is 0 Å². The van der Waals surface area contributed by atoms with Gasteiger partial charge in [-0.05, 0) is 29.8 Å². The Morgan fingerprint density at radius 3 is 2.12 bits per heavy atom. The normalized spacial score (nSPS) is 9.91. The molecule has 0 aliphatic rings. The van der Waals surface area contributed by atoms with Crippen molar-refractivity contribution in [3.63, 3.8) is 0 Å². The van der Waals surface area contributed by atoms with Crippen LogP contribution >= 0.6 is 0 Å². The summed E-state index contributed by atoms with van der Waals surface area (Å²) < 4.78 is 27.2. The molecule has 34 heavy (non-hydrogen) atoms. The number of anilines is 1. The van der Waals surface area contributed by atoms with Gasteiger partial charge in [0.2, 0.25) is 5.75 Å². The van der Waals surface area contributed by atoms with Crippen molar-refractivity contribution in [3.8, 4) is 45.4 Å². The Hall–Kier alpha value is -4.21. The second-order valence-electron chi connectivity index (χ2n) is 6.75. The lowest BCUT2D eigenvalue weighted by Gasteiger charge is -2.14. The number of ether oxygens (including phenoxy) is 4. The highest BCUT2D eigenvalue weighted by molar-refractivity contribution is 5.83. The lowest BCUT2D eigenvalue weighted by atomic mass is 10.0. The maximum absolute atomic E-state index is 9.60. The summed E-state index contributed by atoms with van der Waals surface area (Å²) in [5, 5.41) is 15.0. The second kappa shape index (κ2) is 12.7. The van der Waals surface area contributed by atoms with Crippen molar-refractivity contribution in [1.29, 1.82) is 0 Å². The van der Waals surface area contributed by atoms with E-state index in [-0.39, 0.29) is 12.8 Å². The third kappa shape index (κ3) is 6.18. The molecule has 0 spiro atoms. The fraction of sp³-hybridized carbons (Fsp3) is 0.292. The van der Waals surface area contributed by atoms with Gasteiger partial charge in [0.25, 0.3) is 0 Å². The molecular weight excluding hydrogens is 444 g/mol. The molecule has 1 aromatic heterocycles. The third-order valence-electron chi connectivity index (χ3n) is 4.75. The quantitative estimate of drug-likeness (QED) is 0.415. The predicted molar refractivity (Wildman–Crippen MR) is 126 cm³/mol. The average Bonchev–Trinajstić information content (AvgIpc) is 3.36. The molecule has 10 nitrogen and oxygen atoms in total. The van der Waals surface area contributed by atoms with E-state index in [9.17, 15) is 9.59 Å². The van der Waals surface area contributed by atoms with Crippen LogP contribution in [0, 0.1) is 0 Å². The van der Waals surface area contributed by atoms with Crippen LogP contribution in [0.1, 0.15) is 12.8 Å². The Kier molecular flexibility index (Phi) is 9.75. The molecule has 0 atom stereocenters. The van der Waals surface area contributed by atoms with Crippen molar-refractivity contribution < 1.29 is 38.2 Å². The average molecular weight is 472 g/mol. The van der Waals surface area contributed by atoms with Gasteiger partial charge in [0.05, 0.1) is 46.7 Å². The number of hydrogen-bond donors (Lipinski definition) is 2. The van der Waals surface area contributed by atoms with Crippen LogP contribution in [0.15, 0.2) is 41.1 Å². The van der Waals surface area contributed by atoms with Gasteiger partial charge in [0.15, 0.2) is 17.3 Å². The van der Waals surface area contributed by atoms with Gasteiger partial charge in [0.1, 0.15) is 12.0 Å². The topological polar surface area (TPSA) is 129 Å². The number of carbonyl (C=O) groups excluding carboxylic acids is 1. The van der Waals surface area contributed by atoms with E-state index < -0.39 is 5.97 Å². The molecule has 0 fully saturated rings. The summed E-state index contributed by atoms with van der Waals surface area (Å²) in [5.41, 5.74) is 3.40. The molecule has 182 valence electrons. The highest BCUT2D eigenvalue weighted by Crippen LogP contribution is 2.43. The molecule has 0 unspecified atom stereocenters. The Morgan fingerprint density at radius 1 is 1.00 bits per heavy atom. The van der Waals surface area contributed by atoms with Gasteiger partial charge >= 0.3 is 5.97 Å². The number of carbonyl (C=O) groups is 2. The molecule has 3 aromatic rings. The van der Waals surface area contributed by atoms with Crippen molar-refractivity contribution in [3.05, 3.63) is 36.5 Å². The molecule has 0 amide bonds. The SMILES string of the molecule is CNc1cc(-c2cnoc2-c2cc(OC)c(OC)c(OC)c2)ccc1OC.O=CCCC(=O)O. The minimum absolute atomic E-state index is 0.0521. The van der Waals surface area contributed by atoms with Crippen LogP contribution in [-0.4, -0.2) is 58.0 Å². The Bertz CT molecular complexity index is 1090. The number of aldehydes is 1. The van der Waals surface area contributed by atoms with Crippen LogP contribution in [0.25, 0.3) is 22.5 Å². The minimum Gasteiger partial charge on any atom is -0.495 e. The number of hydrogen-bond acceptors (Lipinski definition) is 9. The summed E-state index contributed by atoms with van der Waals surface area (Å²) in [7, 11) is 8.19. The van der Waals surface area contributed by atoms with E-state index in [2.05, 4.69) is 10.5 Å². The first-order valence-corrected chi connectivity index (χ1v) is 10.2. The van der Waals surface area contributed by atoms with Gasteiger partial charge in [-0.1, -0.05) is 11.2 Å². The van der Waals surface area contributed by atoms with E-state index in [0.29, 0.717) is 29.3 Å². The van der Waals surface area contributed by atoms with E-state index >= 15 is 0 Å². The Morgan fingerprint density at radius 2 is 1.65 bits per heavy atom. The maximum atomic E-state index is 9.60. The summed E-state index contributed by atoms with van der Waals surface area (Å²) in [6, 6.07) is 9.48. The number of aliphatic carboxylic acids is 1. The highest BCUT2D eigenvalue weighted by atomic mass is 16.5. The standard InChI is InChI=1S/C20H22N2O5.C4H6O3/c1-21-15-8-12(6-7-16(15)23-2)14-11-22-27-19(14)13-9-17(24-3)20(26-5)18(10-13)25-4;5-3-1-2-4(6)7/h6-11,21H,1-5H3;3H,1-2H2,(H,6,7). The van der Waals surface area contributed by atoms with Gasteiger partial charge in [-0.25, -0.2) is 0 Å². The zero-order chi connectivity index (χ0) is 25.1. The number of aromatic nitrogens is 1. The summed E-state index contributed by atoms with van der Waals surface area (Å²) in [4.78, 5) is 19.0. The highest BCUT2D eigenvalue weighted by Gasteiger charge is 2.20. The van der Waals surface area contributed by atoms with E-state index in [4.69, 9.17) is 28.6 Å². The van der Waals surface area contributed by atoms with Crippen molar-refractivity contribution in [1.82, 2.24) is 5.16 Å². The van der Waals surface area contributed by atoms with Crippen molar-refractivity contribution >= 4 is 17.9 Å². The molecular formula is C24H28N2O8. The lowest BCUT2D eigenvalue weighted by molar-refractivity contribution is -0.137. The number of nitrogens with zero attached hydrogens (tertiary/aromatic N) is 1. The maximum Gasteiger partial charge on any atom is 0.303 e. The molecule has 3 rings (SSSR count). The van der Waals surface area contributed by atoms with Crippen molar-refractivity contribution in [2.24, 2.45) is 0 Å². The molecule has 0 saturated carbocycles. The van der Waals surface area contributed by atoms with Crippen molar-refractivity contribution in [2.45, 2.75) is 12.8 Å². The largest absolute Gasteiger partial charge is 0.495 e. The number of carboxylic acid groups (broad SMARTS) is 1. The summed E-state index contributed by atoms with van der Waals surface area (Å²) in [5.74, 6) is 2.03. The number of carboxylic acids is 1.